The molecule has 0 saturated carbocycles. The van der Waals surface area contributed by atoms with Crippen molar-refractivity contribution >= 4 is 11.4 Å². The van der Waals surface area contributed by atoms with E-state index in [9.17, 15) is 0 Å². The van der Waals surface area contributed by atoms with Gasteiger partial charge >= 0.3 is 0 Å². The van der Waals surface area contributed by atoms with Crippen molar-refractivity contribution in [3.8, 4) is 0 Å². The van der Waals surface area contributed by atoms with Gasteiger partial charge < -0.3 is 10.6 Å². The molecule has 1 aromatic rings. The standard InChI is InChI=1S/C15H24N2/c1-14(2)10-5-11-15(3,4)17(14)13-8-6-12(16)7-9-13/h6-9H,5,10-11,16H2,1-4H3. The zero-order valence-corrected chi connectivity index (χ0v) is 11.5. The molecule has 0 unspecified atom stereocenters. The molecular weight excluding hydrogens is 208 g/mol. The van der Waals surface area contributed by atoms with E-state index in [1.54, 1.807) is 0 Å². The van der Waals surface area contributed by atoms with Gasteiger partial charge in [-0.1, -0.05) is 0 Å². The molecule has 0 radical (unpaired) electrons. The lowest BCUT2D eigenvalue weighted by molar-refractivity contribution is 0.244. The van der Waals surface area contributed by atoms with Gasteiger partial charge in [-0.3, -0.25) is 0 Å². The van der Waals surface area contributed by atoms with Crippen molar-refractivity contribution in [2.45, 2.75) is 58.0 Å². The van der Waals surface area contributed by atoms with E-state index in [0.29, 0.717) is 0 Å². The summed E-state index contributed by atoms with van der Waals surface area (Å²) in [5.74, 6) is 0. The Labute approximate surface area is 105 Å². The lowest BCUT2D eigenvalue weighted by Gasteiger charge is -2.54. The van der Waals surface area contributed by atoms with E-state index in [1.807, 2.05) is 12.1 Å². The first-order valence-electron chi connectivity index (χ1n) is 6.49. The van der Waals surface area contributed by atoms with Crippen LogP contribution in [-0.4, -0.2) is 11.1 Å². The van der Waals surface area contributed by atoms with Crippen LogP contribution in [0.4, 0.5) is 11.4 Å². The fourth-order valence-corrected chi connectivity index (χ4v) is 3.32. The van der Waals surface area contributed by atoms with Crippen LogP contribution in [0.2, 0.25) is 0 Å². The minimum Gasteiger partial charge on any atom is -0.399 e. The molecule has 1 aromatic carbocycles. The van der Waals surface area contributed by atoms with Gasteiger partial charge in [0.05, 0.1) is 0 Å². The Morgan fingerprint density at radius 1 is 0.941 bits per heavy atom. The van der Waals surface area contributed by atoms with Gasteiger partial charge in [0, 0.05) is 22.5 Å². The summed E-state index contributed by atoms with van der Waals surface area (Å²) in [6, 6.07) is 8.28. The number of anilines is 2. The average molecular weight is 232 g/mol. The molecule has 1 aliphatic rings. The molecule has 94 valence electrons. The smallest absolute Gasteiger partial charge is 0.0376 e. The quantitative estimate of drug-likeness (QED) is 0.746. The number of hydrogen-bond donors (Lipinski definition) is 1. The molecule has 0 aliphatic carbocycles. The van der Waals surface area contributed by atoms with Crippen LogP contribution in [0, 0.1) is 0 Å². The number of benzene rings is 1. The van der Waals surface area contributed by atoms with Crippen molar-refractivity contribution in [3.05, 3.63) is 24.3 Å². The van der Waals surface area contributed by atoms with Crippen LogP contribution >= 0.6 is 0 Å². The summed E-state index contributed by atoms with van der Waals surface area (Å²) in [7, 11) is 0. The summed E-state index contributed by atoms with van der Waals surface area (Å²) in [6.07, 6.45) is 3.81. The van der Waals surface area contributed by atoms with Crippen LogP contribution in [0.5, 0.6) is 0 Å². The van der Waals surface area contributed by atoms with E-state index < -0.39 is 0 Å². The molecule has 0 bridgehead atoms. The van der Waals surface area contributed by atoms with Gasteiger partial charge in [0.25, 0.3) is 0 Å². The zero-order chi connectivity index (χ0) is 12.7. The number of hydrogen-bond acceptors (Lipinski definition) is 2. The monoisotopic (exact) mass is 232 g/mol. The Balaban J connectivity index is 2.41. The Kier molecular flexibility index (Phi) is 2.84. The maximum atomic E-state index is 5.77. The molecule has 0 amide bonds. The van der Waals surface area contributed by atoms with Crippen LogP contribution < -0.4 is 10.6 Å². The van der Waals surface area contributed by atoms with Crippen LogP contribution in [0.15, 0.2) is 24.3 Å². The third-order valence-electron chi connectivity index (χ3n) is 3.94. The highest BCUT2D eigenvalue weighted by Gasteiger charge is 2.40. The zero-order valence-electron chi connectivity index (χ0n) is 11.5. The molecule has 0 aromatic heterocycles. The fourth-order valence-electron chi connectivity index (χ4n) is 3.32. The van der Waals surface area contributed by atoms with Gasteiger partial charge in [-0.2, -0.15) is 0 Å². The third kappa shape index (κ3) is 2.26. The molecule has 0 atom stereocenters. The Hall–Kier alpha value is -1.18. The molecule has 2 nitrogen and oxygen atoms in total. The summed E-state index contributed by atoms with van der Waals surface area (Å²) < 4.78 is 0. The number of piperidine rings is 1. The van der Waals surface area contributed by atoms with E-state index in [-0.39, 0.29) is 11.1 Å². The van der Waals surface area contributed by atoms with Crippen LogP contribution in [-0.2, 0) is 0 Å². The topological polar surface area (TPSA) is 29.3 Å². The average Bonchev–Trinajstić information content (AvgIpc) is 2.18. The second-order valence-corrected chi connectivity index (χ2v) is 6.41. The van der Waals surface area contributed by atoms with Crippen molar-refractivity contribution in [1.82, 2.24) is 0 Å². The minimum atomic E-state index is 0.220. The van der Waals surface area contributed by atoms with Crippen molar-refractivity contribution in [2.24, 2.45) is 0 Å². The normalized spacial score (nSPS) is 22.5. The van der Waals surface area contributed by atoms with Gasteiger partial charge in [-0.25, -0.2) is 0 Å². The van der Waals surface area contributed by atoms with E-state index in [2.05, 4.69) is 44.7 Å². The lowest BCUT2D eigenvalue weighted by atomic mass is 9.79. The summed E-state index contributed by atoms with van der Waals surface area (Å²) in [5.41, 5.74) is 8.33. The van der Waals surface area contributed by atoms with E-state index >= 15 is 0 Å². The highest BCUT2D eigenvalue weighted by Crippen LogP contribution is 2.41. The van der Waals surface area contributed by atoms with Gasteiger partial charge in [-0.05, 0) is 71.2 Å². The second kappa shape index (κ2) is 3.94. The highest BCUT2D eigenvalue weighted by molar-refractivity contribution is 5.56. The summed E-state index contributed by atoms with van der Waals surface area (Å²) in [6.45, 7) is 9.35. The summed E-state index contributed by atoms with van der Waals surface area (Å²) in [4.78, 5) is 2.56. The number of rotatable bonds is 1. The summed E-state index contributed by atoms with van der Waals surface area (Å²) in [5, 5.41) is 0. The highest BCUT2D eigenvalue weighted by atomic mass is 15.3. The van der Waals surface area contributed by atoms with Crippen molar-refractivity contribution in [1.29, 1.82) is 0 Å². The first-order chi connectivity index (χ1) is 7.83. The van der Waals surface area contributed by atoms with Gasteiger partial charge in [0.15, 0.2) is 0 Å². The molecule has 2 rings (SSSR count). The van der Waals surface area contributed by atoms with Crippen LogP contribution in [0.3, 0.4) is 0 Å². The van der Waals surface area contributed by atoms with E-state index in [1.165, 1.54) is 24.9 Å². The number of nitrogens with two attached hydrogens (primary N) is 1. The molecule has 1 heterocycles. The van der Waals surface area contributed by atoms with Crippen molar-refractivity contribution in [2.75, 3.05) is 10.6 Å². The molecule has 2 heteroatoms. The molecule has 1 saturated heterocycles. The van der Waals surface area contributed by atoms with Crippen molar-refractivity contribution < 1.29 is 0 Å². The molecule has 2 N–H and O–H groups in total. The maximum Gasteiger partial charge on any atom is 0.0376 e. The number of nitrogens with zero attached hydrogens (tertiary/aromatic N) is 1. The van der Waals surface area contributed by atoms with Crippen LogP contribution in [0.25, 0.3) is 0 Å². The predicted octanol–water partition coefficient (Wildman–Crippen LogP) is 3.82. The molecule has 0 spiro atoms. The molecule has 1 fully saturated rings. The predicted molar refractivity (Wildman–Crippen MR) is 75.3 cm³/mol. The summed E-state index contributed by atoms with van der Waals surface area (Å²) >= 11 is 0. The minimum absolute atomic E-state index is 0.220. The Morgan fingerprint density at radius 3 is 1.88 bits per heavy atom. The van der Waals surface area contributed by atoms with Crippen molar-refractivity contribution in [3.63, 3.8) is 0 Å². The fraction of sp³-hybridized carbons (Fsp3) is 0.600. The second-order valence-electron chi connectivity index (χ2n) is 6.41. The Morgan fingerprint density at radius 2 is 1.41 bits per heavy atom. The SMILES string of the molecule is CC1(C)CCCC(C)(C)N1c1ccc(N)cc1. The van der Waals surface area contributed by atoms with Gasteiger partial charge in [-0.15, -0.1) is 0 Å². The Bertz CT molecular complexity index is 374. The van der Waals surface area contributed by atoms with Gasteiger partial charge in [0.1, 0.15) is 0 Å². The lowest BCUT2D eigenvalue weighted by Crippen LogP contribution is -2.58. The maximum absolute atomic E-state index is 5.77. The molecule has 1 aliphatic heterocycles. The largest absolute Gasteiger partial charge is 0.399 e. The van der Waals surface area contributed by atoms with Gasteiger partial charge in [0.2, 0.25) is 0 Å². The number of nitrogen functional groups attached to an aromatic ring is 1. The molecule has 17 heavy (non-hydrogen) atoms. The van der Waals surface area contributed by atoms with Crippen LogP contribution in [0.1, 0.15) is 47.0 Å². The first kappa shape index (κ1) is 12.3. The van der Waals surface area contributed by atoms with E-state index in [0.717, 1.165) is 5.69 Å². The first-order valence-corrected chi connectivity index (χ1v) is 6.49. The third-order valence-corrected chi connectivity index (χ3v) is 3.94. The molecular formula is C15H24N2. The van der Waals surface area contributed by atoms with E-state index in [4.69, 9.17) is 5.73 Å².